The molecule has 4 rings (SSSR count). The Morgan fingerprint density at radius 2 is 1.45 bits per heavy atom. The van der Waals surface area contributed by atoms with Crippen LogP contribution >= 0.6 is 18.6 Å². The summed E-state index contributed by atoms with van der Waals surface area (Å²) in [6.07, 6.45) is 1.41. The van der Waals surface area contributed by atoms with Gasteiger partial charge >= 0.3 is 5.97 Å². The highest BCUT2D eigenvalue weighted by Gasteiger charge is 2.47. The van der Waals surface area contributed by atoms with Crippen LogP contribution in [0.25, 0.3) is 10.4 Å². The van der Waals surface area contributed by atoms with Crippen molar-refractivity contribution in [2.45, 2.75) is 0 Å². The zero-order valence-corrected chi connectivity index (χ0v) is 18.8. The minimum absolute atomic E-state index is 0.357. The normalized spacial score (nSPS) is 11.1. The Bertz CT molecular complexity index is 1150. The van der Waals surface area contributed by atoms with E-state index in [9.17, 15) is 9.59 Å². The minimum atomic E-state index is -2.30. The van der Waals surface area contributed by atoms with Crippen LogP contribution < -0.4 is 15.9 Å². The average Bonchev–Trinajstić information content (AvgIpc) is 3.33. The van der Waals surface area contributed by atoms with E-state index in [1.54, 1.807) is 6.07 Å². The van der Waals surface area contributed by atoms with Crippen molar-refractivity contribution in [2.75, 3.05) is 13.3 Å². The highest BCUT2D eigenvalue weighted by Crippen LogP contribution is 2.56. The van der Waals surface area contributed by atoms with Crippen LogP contribution in [0.4, 0.5) is 0 Å². The standard InChI is InChI=1S/C26H22O3PS/c1-29-26(28)23-16-19-31-25(23)22-14-8-9-15-24(22)30(18-17-27,20-10-4-2-5-11-20)21-12-6-3-7-13-21/h2-17,19H,18H2,1H3/q+1. The molecule has 154 valence electrons. The maximum atomic E-state index is 12.4. The Balaban J connectivity index is 2.06. The van der Waals surface area contributed by atoms with Crippen molar-refractivity contribution in [3.8, 4) is 10.4 Å². The molecular formula is C26H22O3PS+. The van der Waals surface area contributed by atoms with Crippen LogP contribution in [-0.2, 0) is 9.53 Å². The van der Waals surface area contributed by atoms with Crippen molar-refractivity contribution >= 4 is 46.8 Å². The van der Waals surface area contributed by atoms with E-state index >= 15 is 0 Å². The van der Waals surface area contributed by atoms with Crippen molar-refractivity contribution in [3.63, 3.8) is 0 Å². The number of esters is 1. The second-order valence-electron chi connectivity index (χ2n) is 7.00. The monoisotopic (exact) mass is 445 g/mol. The largest absolute Gasteiger partial charge is 0.465 e. The number of carbonyl (C=O) groups is 2. The zero-order chi connectivity index (χ0) is 21.7. The van der Waals surface area contributed by atoms with Crippen LogP contribution in [0.1, 0.15) is 10.4 Å². The molecule has 0 atom stereocenters. The molecule has 31 heavy (non-hydrogen) atoms. The predicted molar refractivity (Wildman–Crippen MR) is 131 cm³/mol. The molecule has 4 aromatic rings. The maximum Gasteiger partial charge on any atom is 0.339 e. The number of rotatable bonds is 7. The summed E-state index contributed by atoms with van der Waals surface area (Å²) in [6, 6.07) is 30.4. The topological polar surface area (TPSA) is 43.4 Å². The number of carbonyl (C=O) groups excluding carboxylic acids is 2. The van der Waals surface area contributed by atoms with Gasteiger partial charge in [0, 0.05) is 5.56 Å². The fraction of sp³-hybridized carbons (Fsp3) is 0.0769. The van der Waals surface area contributed by atoms with Crippen molar-refractivity contribution < 1.29 is 14.3 Å². The van der Waals surface area contributed by atoms with E-state index < -0.39 is 7.26 Å². The van der Waals surface area contributed by atoms with Crippen molar-refractivity contribution in [1.29, 1.82) is 0 Å². The summed E-state index contributed by atoms with van der Waals surface area (Å²) in [5.74, 6) is -0.357. The van der Waals surface area contributed by atoms with Gasteiger partial charge < -0.3 is 4.74 Å². The van der Waals surface area contributed by atoms with Gasteiger partial charge in [-0.15, -0.1) is 11.3 Å². The summed E-state index contributed by atoms with van der Waals surface area (Å²) in [5, 5.41) is 5.27. The Hall–Kier alpha value is -3.07. The third-order valence-electron chi connectivity index (χ3n) is 5.37. The summed E-state index contributed by atoms with van der Waals surface area (Å²) in [5.41, 5.74) is 1.52. The highest BCUT2D eigenvalue weighted by molar-refractivity contribution is 7.96. The molecule has 5 heteroatoms. The van der Waals surface area contributed by atoms with Crippen molar-refractivity contribution in [1.82, 2.24) is 0 Å². The van der Waals surface area contributed by atoms with Crippen LogP contribution in [0.2, 0.25) is 0 Å². The van der Waals surface area contributed by atoms with E-state index in [1.165, 1.54) is 18.4 Å². The van der Waals surface area contributed by atoms with Gasteiger partial charge in [-0.1, -0.05) is 48.5 Å². The van der Waals surface area contributed by atoms with Crippen LogP contribution in [0, 0.1) is 0 Å². The molecule has 0 amide bonds. The van der Waals surface area contributed by atoms with E-state index in [0.717, 1.165) is 32.6 Å². The molecule has 0 aliphatic heterocycles. The Kier molecular flexibility index (Phi) is 6.41. The van der Waals surface area contributed by atoms with E-state index in [1.807, 2.05) is 60.0 Å². The van der Waals surface area contributed by atoms with Gasteiger partial charge in [-0.05, 0) is 47.8 Å². The molecule has 0 spiro atoms. The number of benzene rings is 3. The van der Waals surface area contributed by atoms with Crippen LogP contribution in [0.5, 0.6) is 0 Å². The molecule has 1 aromatic heterocycles. The third kappa shape index (κ3) is 3.85. The number of methoxy groups -OCH3 is 1. The molecule has 0 unspecified atom stereocenters. The molecule has 0 aliphatic carbocycles. The number of hydrogen-bond donors (Lipinski definition) is 0. The van der Waals surface area contributed by atoms with Gasteiger partial charge in [0.25, 0.3) is 0 Å². The highest BCUT2D eigenvalue weighted by atomic mass is 32.1. The smallest absolute Gasteiger partial charge is 0.339 e. The minimum Gasteiger partial charge on any atom is -0.465 e. The predicted octanol–water partition coefficient (Wildman–Crippen LogP) is 4.69. The molecule has 0 saturated carbocycles. The zero-order valence-electron chi connectivity index (χ0n) is 17.1. The summed E-state index contributed by atoms with van der Waals surface area (Å²) in [4.78, 5) is 25.4. The number of aldehydes is 1. The summed E-state index contributed by atoms with van der Waals surface area (Å²) < 4.78 is 5.02. The first-order chi connectivity index (χ1) is 15.2. The Morgan fingerprint density at radius 1 is 0.871 bits per heavy atom. The van der Waals surface area contributed by atoms with Crippen LogP contribution in [-0.4, -0.2) is 25.5 Å². The van der Waals surface area contributed by atoms with Gasteiger partial charge in [0.05, 0.1) is 17.6 Å². The molecular weight excluding hydrogens is 423 g/mol. The molecule has 3 aromatic carbocycles. The van der Waals surface area contributed by atoms with Gasteiger partial charge in [0.2, 0.25) is 0 Å². The Morgan fingerprint density at radius 3 is 2.03 bits per heavy atom. The lowest BCUT2D eigenvalue weighted by molar-refractivity contribution is -0.105. The molecule has 0 N–H and O–H groups in total. The van der Waals surface area contributed by atoms with E-state index in [0.29, 0.717) is 11.7 Å². The van der Waals surface area contributed by atoms with Gasteiger partial charge in [0.1, 0.15) is 29.3 Å². The van der Waals surface area contributed by atoms with Gasteiger partial charge in [-0.25, -0.2) is 4.79 Å². The number of hydrogen-bond acceptors (Lipinski definition) is 4. The van der Waals surface area contributed by atoms with Crippen molar-refractivity contribution in [3.05, 3.63) is 102 Å². The molecule has 0 bridgehead atoms. The van der Waals surface area contributed by atoms with Gasteiger partial charge in [0.15, 0.2) is 6.29 Å². The third-order valence-corrected chi connectivity index (χ3v) is 10.6. The second-order valence-corrected chi connectivity index (χ2v) is 11.4. The Labute approximate surface area is 186 Å². The quantitative estimate of drug-likeness (QED) is 0.235. The lowest BCUT2D eigenvalue weighted by Gasteiger charge is -2.27. The maximum absolute atomic E-state index is 12.4. The first-order valence-corrected chi connectivity index (χ1v) is 12.8. The fourth-order valence-corrected chi connectivity index (χ4v) is 9.00. The van der Waals surface area contributed by atoms with E-state index in [2.05, 4.69) is 30.3 Å². The molecule has 0 radical (unpaired) electrons. The molecule has 3 nitrogen and oxygen atoms in total. The summed E-state index contributed by atoms with van der Waals surface area (Å²) >= 11 is 1.51. The van der Waals surface area contributed by atoms with Gasteiger partial charge in [-0.2, -0.15) is 0 Å². The summed E-state index contributed by atoms with van der Waals surface area (Å²) in [6.45, 7) is 0. The second kappa shape index (κ2) is 9.38. The van der Waals surface area contributed by atoms with Gasteiger partial charge in [-0.3, -0.25) is 4.79 Å². The molecule has 0 aliphatic rings. The lowest BCUT2D eigenvalue weighted by Crippen LogP contribution is -2.34. The van der Waals surface area contributed by atoms with Crippen LogP contribution in [0.15, 0.2) is 96.4 Å². The lowest BCUT2D eigenvalue weighted by atomic mass is 10.1. The summed E-state index contributed by atoms with van der Waals surface area (Å²) in [7, 11) is -0.908. The van der Waals surface area contributed by atoms with E-state index in [-0.39, 0.29) is 5.97 Å². The van der Waals surface area contributed by atoms with Crippen molar-refractivity contribution in [2.24, 2.45) is 0 Å². The molecule has 0 saturated heterocycles. The first kappa shape index (κ1) is 21.2. The number of ether oxygens (including phenoxy) is 1. The number of thiophene rings is 1. The first-order valence-electron chi connectivity index (χ1n) is 9.91. The SMILES string of the molecule is COC(=O)c1ccsc1-c1ccccc1[P+](CC=O)(c1ccccc1)c1ccccc1. The average molecular weight is 446 g/mol. The van der Waals surface area contributed by atoms with E-state index in [4.69, 9.17) is 4.74 Å². The van der Waals surface area contributed by atoms with Crippen LogP contribution in [0.3, 0.4) is 0 Å². The molecule has 1 heterocycles. The fourth-order valence-electron chi connectivity index (χ4n) is 4.00. The molecule has 0 fully saturated rings.